The predicted octanol–water partition coefficient (Wildman–Crippen LogP) is -0.636. The summed E-state index contributed by atoms with van der Waals surface area (Å²) in [6, 6.07) is -0.847. The van der Waals surface area contributed by atoms with Crippen LogP contribution in [0, 0.1) is 0 Å². The van der Waals surface area contributed by atoms with Crippen molar-refractivity contribution in [3.8, 4) is 0 Å². The van der Waals surface area contributed by atoms with Gasteiger partial charge in [0.1, 0.15) is 0 Å². The van der Waals surface area contributed by atoms with Crippen LogP contribution in [-0.2, 0) is 9.53 Å². The highest BCUT2D eigenvalue weighted by Gasteiger charge is 2.01. The summed E-state index contributed by atoms with van der Waals surface area (Å²) in [6.07, 6.45) is 0. The fourth-order valence-corrected chi connectivity index (χ4v) is 0.774. The van der Waals surface area contributed by atoms with Gasteiger partial charge in [0, 0.05) is 6.54 Å². The van der Waals surface area contributed by atoms with E-state index in [1.165, 1.54) is 0 Å². The second-order valence-electron chi connectivity index (χ2n) is 3.10. The van der Waals surface area contributed by atoms with E-state index in [4.69, 9.17) is 10.5 Å². The number of urea groups is 1. The highest BCUT2D eigenvalue weighted by Crippen LogP contribution is 1.86. The molecule has 86 valence electrons. The zero-order chi connectivity index (χ0) is 11.7. The van der Waals surface area contributed by atoms with Gasteiger partial charge < -0.3 is 15.8 Å². The molecule has 0 bridgehead atoms. The molecular formula is C9H17N3O3. The first-order valence-electron chi connectivity index (χ1n) is 4.54. The van der Waals surface area contributed by atoms with Gasteiger partial charge in [0.2, 0.25) is 5.91 Å². The zero-order valence-electron chi connectivity index (χ0n) is 8.84. The van der Waals surface area contributed by atoms with Crippen molar-refractivity contribution in [1.29, 1.82) is 0 Å². The molecule has 0 aromatic heterocycles. The van der Waals surface area contributed by atoms with Gasteiger partial charge in [0.05, 0.1) is 19.8 Å². The minimum atomic E-state index is -0.847. The van der Waals surface area contributed by atoms with Crippen LogP contribution < -0.4 is 16.4 Å². The monoisotopic (exact) mass is 215 g/mol. The van der Waals surface area contributed by atoms with E-state index >= 15 is 0 Å². The highest BCUT2D eigenvalue weighted by atomic mass is 16.5. The summed E-state index contributed by atoms with van der Waals surface area (Å²) in [5.74, 6) is -0.456. The molecule has 0 rings (SSSR count). The summed E-state index contributed by atoms with van der Waals surface area (Å²) in [7, 11) is 0. The average Bonchev–Trinajstić information content (AvgIpc) is 2.09. The Balaban J connectivity index is 3.27. The molecule has 0 saturated heterocycles. The van der Waals surface area contributed by atoms with Crippen molar-refractivity contribution >= 4 is 11.9 Å². The molecule has 6 heteroatoms. The van der Waals surface area contributed by atoms with E-state index in [0.717, 1.165) is 5.57 Å². The van der Waals surface area contributed by atoms with Crippen LogP contribution in [0.5, 0.6) is 0 Å². The molecule has 0 aromatic carbocycles. The molecule has 15 heavy (non-hydrogen) atoms. The van der Waals surface area contributed by atoms with Gasteiger partial charge in [0.25, 0.3) is 0 Å². The summed E-state index contributed by atoms with van der Waals surface area (Å²) >= 11 is 0. The number of primary amides is 1. The van der Waals surface area contributed by atoms with Gasteiger partial charge in [0.15, 0.2) is 0 Å². The lowest BCUT2D eigenvalue weighted by Gasteiger charge is -2.05. The predicted molar refractivity (Wildman–Crippen MR) is 56.2 cm³/mol. The van der Waals surface area contributed by atoms with Crippen LogP contribution in [0.1, 0.15) is 6.92 Å². The standard InChI is InChI=1S/C9H17N3O3/c1-7(2)6-15-4-3-11-5-8(13)12-9(10)14/h11H,1,3-6H2,2H3,(H3,10,12,13,14). The number of carbonyl (C=O) groups excluding carboxylic acids is 2. The Morgan fingerprint density at radius 2 is 2.13 bits per heavy atom. The Kier molecular flexibility index (Phi) is 7.21. The van der Waals surface area contributed by atoms with Gasteiger partial charge in [-0.15, -0.1) is 0 Å². The molecule has 0 radical (unpaired) electrons. The van der Waals surface area contributed by atoms with Crippen molar-refractivity contribution < 1.29 is 14.3 Å². The van der Waals surface area contributed by atoms with Crippen molar-refractivity contribution in [2.24, 2.45) is 5.73 Å². The Labute approximate surface area is 88.8 Å². The summed E-state index contributed by atoms with van der Waals surface area (Å²) < 4.78 is 5.17. The SMILES string of the molecule is C=C(C)COCCNCC(=O)NC(N)=O. The summed E-state index contributed by atoms with van der Waals surface area (Å²) in [5, 5.41) is 4.72. The largest absolute Gasteiger partial charge is 0.376 e. The third-order valence-electron chi connectivity index (χ3n) is 1.32. The first-order chi connectivity index (χ1) is 7.02. The first-order valence-corrected chi connectivity index (χ1v) is 4.54. The van der Waals surface area contributed by atoms with E-state index < -0.39 is 11.9 Å². The third-order valence-corrected chi connectivity index (χ3v) is 1.32. The lowest BCUT2D eigenvalue weighted by atomic mass is 10.4. The number of carbonyl (C=O) groups is 2. The first kappa shape index (κ1) is 13.6. The second kappa shape index (κ2) is 7.95. The minimum absolute atomic E-state index is 0.0410. The van der Waals surface area contributed by atoms with Crippen molar-refractivity contribution in [2.45, 2.75) is 6.92 Å². The Morgan fingerprint density at radius 3 is 2.67 bits per heavy atom. The van der Waals surface area contributed by atoms with Crippen LogP contribution in [0.15, 0.2) is 12.2 Å². The third kappa shape index (κ3) is 10.5. The normalized spacial score (nSPS) is 9.67. The molecule has 0 fully saturated rings. The number of amides is 3. The van der Waals surface area contributed by atoms with E-state index in [-0.39, 0.29) is 6.54 Å². The number of hydrogen-bond donors (Lipinski definition) is 3. The topological polar surface area (TPSA) is 93.4 Å². The van der Waals surface area contributed by atoms with Gasteiger partial charge >= 0.3 is 6.03 Å². The lowest BCUT2D eigenvalue weighted by Crippen LogP contribution is -2.41. The molecule has 0 spiro atoms. The molecule has 0 aliphatic heterocycles. The summed E-state index contributed by atoms with van der Waals surface area (Å²) in [5.41, 5.74) is 5.69. The fourth-order valence-electron chi connectivity index (χ4n) is 0.774. The highest BCUT2D eigenvalue weighted by molar-refractivity contribution is 5.94. The molecule has 6 nitrogen and oxygen atoms in total. The number of rotatable bonds is 7. The van der Waals surface area contributed by atoms with E-state index in [1.54, 1.807) is 0 Å². The number of imide groups is 1. The van der Waals surface area contributed by atoms with Crippen LogP contribution in [0.2, 0.25) is 0 Å². The van der Waals surface area contributed by atoms with Crippen LogP contribution >= 0.6 is 0 Å². The molecule has 0 atom stereocenters. The maximum absolute atomic E-state index is 10.9. The van der Waals surface area contributed by atoms with Gasteiger partial charge in [-0.3, -0.25) is 10.1 Å². The molecule has 0 saturated carbocycles. The zero-order valence-corrected chi connectivity index (χ0v) is 8.84. The average molecular weight is 215 g/mol. The molecule has 0 unspecified atom stereocenters. The van der Waals surface area contributed by atoms with E-state index in [0.29, 0.717) is 19.8 Å². The Hall–Kier alpha value is -1.40. The maximum Gasteiger partial charge on any atom is 0.318 e. The molecule has 0 aliphatic carbocycles. The van der Waals surface area contributed by atoms with Crippen molar-refractivity contribution in [3.63, 3.8) is 0 Å². The molecule has 4 N–H and O–H groups in total. The second-order valence-corrected chi connectivity index (χ2v) is 3.10. The van der Waals surface area contributed by atoms with E-state index in [1.807, 2.05) is 12.2 Å². The maximum atomic E-state index is 10.9. The molecule has 0 heterocycles. The lowest BCUT2D eigenvalue weighted by molar-refractivity contribution is -0.119. The van der Waals surface area contributed by atoms with Crippen molar-refractivity contribution in [2.75, 3.05) is 26.3 Å². The number of hydrogen-bond acceptors (Lipinski definition) is 4. The Morgan fingerprint density at radius 1 is 1.47 bits per heavy atom. The Bertz CT molecular complexity index is 241. The van der Waals surface area contributed by atoms with Crippen molar-refractivity contribution in [1.82, 2.24) is 10.6 Å². The van der Waals surface area contributed by atoms with E-state index in [2.05, 4.69) is 11.9 Å². The molecule has 0 aliphatic rings. The summed E-state index contributed by atoms with van der Waals surface area (Å²) in [4.78, 5) is 21.1. The van der Waals surface area contributed by atoms with Crippen LogP contribution in [0.25, 0.3) is 0 Å². The number of ether oxygens (including phenoxy) is 1. The van der Waals surface area contributed by atoms with Crippen LogP contribution in [0.4, 0.5) is 4.79 Å². The molecule has 3 amide bonds. The molecule has 0 aromatic rings. The fraction of sp³-hybridized carbons (Fsp3) is 0.556. The van der Waals surface area contributed by atoms with Gasteiger partial charge in [-0.1, -0.05) is 12.2 Å². The quantitative estimate of drug-likeness (QED) is 0.389. The smallest absolute Gasteiger partial charge is 0.318 e. The van der Waals surface area contributed by atoms with Crippen LogP contribution in [-0.4, -0.2) is 38.2 Å². The van der Waals surface area contributed by atoms with Crippen molar-refractivity contribution in [3.05, 3.63) is 12.2 Å². The van der Waals surface area contributed by atoms with E-state index in [9.17, 15) is 9.59 Å². The van der Waals surface area contributed by atoms with Gasteiger partial charge in [-0.2, -0.15) is 0 Å². The number of nitrogens with one attached hydrogen (secondary N) is 2. The minimum Gasteiger partial charge on any atom is -0.376 e. The van der Waals surface area contributed by atoms with Gasteiger partial charge in [-0.25, -0.2) is 4.79 Å². The van der Waals surface area contributed by atoms with Gasteiger partial charge in [-0.05, 0) is 6.92 Å². The summed E-state index contributed by atoms with van der Waals surface area (Å²) in [6.45, 7) is 7.10. The van der Waals surface area contributed by atoms with Crippen LogP contribution in [0.3, 0.4) is 0 Å². The molecular weight excluding hydrogens is 198 g/mol. The number of nitrogens with two attached hydrogens (primary N) is 1.